The number of nitrogens with one attached hydrogen (secondary N) is 1. The van der Waals surface area contributed by atoms with Gasteiger partial charge in [0.2, 0.25) is 0 Å². The number of carboxylic acids is 1. The van der Waals surface area contributed by atoms with Crippen molar-refractivity contribution in [2.45, 2.75) is 36.0 Å². The maximum absolute atomic E-state index is 11.7. The summed E-state index contributed by atoms with van der Waals surface area (Å²) < 4.78 is 1.61. The standard InChI is InChI=1S/C12H12N4O3S/c1-6-4-7(10(17)18)5-9(13-6)20-12-15-14-11(19)16(12)8-2-3-8/h4-5,8H,2-3H2,1H3,(H,14,19)(H,17,18). The summed E-state index contributed by atoms with van der Waals surface area (Å²) in [5, 5.41) is 16.5. The third-order valence-corrected chi connectivity index (χ3v) is 3.85. The molecule has 20 heavy (non-hydrogen) atoms. The van der Waals surface area contributed by atoms with E-state index in [2.05, 4.69) is 15.2 Å². The van der Waals surface area contributed by atoms with Gasteiger partial charge in [0.15, 0.2) is 5.16 Å². The molecule has 1 fully saturated rings. The second kappa shape index (κ2) is 4.78. The lowest BCUT2D eigenvalue weighted by Gasteiger charge is -2.05. The maximum atomic E-state index is 11.7. The van der Waals surface area contributed by atoms with Crippen LogP contribution in [0.25, 0.3) is 0 Å². The normalized spacial score (nSPS) is 14.4. The summed E-state index contributed by atoms with van der Waals surface area (Å²) in [4.78, 5) is 27.0. The summed E-state index contributed by atoms with van der Waals surface area (Å²) in [6, 6.07) is 3.19. The average molecular weight is 292 g/mol. The SMILES string of the molecule is Cc1cc(C(=O)O)cc(Sc2n[nH]c(=O)n2C2CC2)n1. The number of aromatic carboxylic acids is 1. The molecule has 0 bridgehead atoms. The molecule has 104 valence electrons. The third-order valence-electron chi connectivity index (χ3n) is 2.96. The van der Waals surface area contributed by atoms with Gasteiger partial charge in [-0.25, -0.2) is 19.7 Å². The minimum absolute atomic E-state index is 0.177. The van der Waals surface area contributed by atoms with Gasteiger partial charge in [-0.15, -0.1) is 5.10 Å². The second-order valence-electron chi connectivity index (χ2n) is 4.66. The van der Waals surface area contributed by atoms with Crippen molar-refractivity contribution in [3.05, 3.63) is 33.9 Å². The molecule has 2 heterocycles. The molecule has 0 amide bonds. The van der Waals surface area contributed by atoms with Crippen LogP contribution >= 0.6 is 11.8 Å². The van der Waals surface area contributed by atoms with Gasteiger partial charge >= 0.3 is 11.7 Å². The first-order valence-corrected chi connectivity index (χ1v) is 6.93. The molecule has 2 aromatic heterocycles. The predicted molar refractivity (Wildman–Crippen MR) is 71.2 cm³/mol. The number of hydrogen-bond donors (Lipinski definition) is 2. The highest BCUT2D eigenvalue weighted by Gasteiger charge is 2.29. The Morgan fingerprint density at radius 3 is 2.90 bits per heavy atom. The van der Waals surface area contributed by atoms with Gasteiger partial charge in [0.05, 0.1) is 5.56 Å². The highest BCUT2D eigenvalue weighted by atomic mass is 32.2. The first-order chi connectivity index (χ1) is 9.54. The van der Waals surface area contributed by atoms with Crippen molar-refractivity contribution in [3.63, 3.8) is 0 Å². The van der Waals surface area contributed by atoms with Gasteiger partial charge in [-0.05, 0) is 43.7 Å². The molecule has 8 heteroatoms. The third kappa shape index (κ3) is 2.46. The minimum atomic E-state index is -1.00. The predicted octanol–water partition coefficient (Wildman–Crippen LogP) is 1.46. The molecule has 3 rings (SSSR count). The molecule has 0 spiro atoms. The number of carbonyl (C=O) groups is 1. The fourth-order valence-electron chi connectivity index (χ4n) is 1.92. The molecule has 1 aliphatic rings. The van der Waals surface area contributed by atoms with Crippen molar-refractivity contribution >= 4 is 17.7 Å². The van der Waals surface area contributed by atoms with Gasteiger partial charge in [0.1, 0.15) is 5.03 Å². The fraction of sp³-hybridized carbons (Fsp3) is 0.333. The molecule has 0 atom stereocenters. The average Bonchev–Trinajstić information content (AvgIpc) is 3.14. The monoisotopic (exact) mass is 292 g/mol. The molecule has 1 saturated carbocycles. The van der Waals surface area contributed by atoms with Crippen LogP contribution in [0.15, 0.2) is 27.1 Å². The summed E-state index contributed by atoms with van der Waals surface area (Å²) in [6.45, 7) is 1.73. The van der Waals surface area contributed by atoms with Gasteiger partial charge < -0.3 is 5.11 Å². The Morgan fingerprint density at radius 2 is 2.25 bits per heavy atom. The van der Waals surface area contributed by atoms with Gasteiger partial charge in [-0.1, -0.05) is 0 Å². The number of carboxylic acid groups (broad SMARTS) is 1. The molecule has 0 aromatic carbocycles. The number of aromatic amines is 1. The Morgan fingerprint density at radius 1 is 1.50 bits per heavy atom. The van der Waals surface area contributed by atoms with E-state index in [1.165, 1.54) is 23.9 Å². The Kier molecular flexibility index (Phi) is 3.09. The number of nitrogens with zero attached hydrogens (tertiary/aromatic N) is 3. The zero-order valence-corrected chi connectivity index (χ0v) is 11.5. The quantitative estimate of drug-likeness (QED) is 0.884. The summed E-state index contributed by atoms with van der Waals surface area (Å²) in [5.74, 6) is -1.00. The van der Waals surface area contributed by atoms with Crippen molar-refractivity contribution < 1.29 is 9.90 Å². The first kappa shape index (κ1) is 12.9. The van der Waals surface area contributed by atoms with E-state index in [0.717, 1.165) is 12.8 Å². The fourth-order valence-corrected chi connectivity index (χ4v) is 2.91. The van der Waals surface area contributed by atoms with Gasteiger partial charge in [0.25, 0.3) is 0 Å². The van der Waals surface area contributed by atoms with E-state index in [-0.39, 0.29) is 17.3 Å². The van der Waals surface area contributed by atoms with Crippen molar-refractivity contribution in [1.82, 2.24) is 19.7 Å². The van der Waals surface area contributed by atoms with Crippen LogP contribution in [-0.2, 0) is 0 Å². The molecule has 0 aliphatic heterocycles. The van der Waals surface area contributed by atoms with E-state index < -0.39 is 5.97 Å². The minimum Gasteiger partial charge on any atom is -0.478 e. The number of rotatable bonds is 4. The van der Waals surface area contributed by atoms with Crippen LogP contribution in [0, 0.1) is 6.92 Å². The summed E-state index contributed by atoms with van der Waals surface area (Å²) >= 11 is 1.20. The zero-order valence-electron chi connectivity index (χ0n) is 10.7. The second-order valence-corrected chi connectivity index (χ2v) is 5.64. The van der Waals surface area contributed by atoms with Crippen molar-refractivity contribution in [2.24, 2.45) is 0 Å². The first-order valence-electron chi connectivity index (χ1n) is 6.11. The van der Waals surface area contributed by atoms with E-state index in [4.69, 9.17) is 5.11 Å². The van der Waals surface area contributed by atoms with Gasteiger partial charge in [0, 0.05) is 11.7 Å². The lowest BCUT2D eigenvalue weighted by atomic mass is 10.2. The summed E-state index contributed by atoms with van der Waals surface area (Å²) in [5.41, 5.74) is 0.556. The molecule has 0 unspecified atom stereocenters. The Bertz CT molecular complexity index is 733. The van der Waals surface area contributed by atoms with Crippen LogP contribution in [0.5, 0.6) is 0 Å². The molecular formula is C12H12N4O3S. The maximum Gasteiger partial charge on any atom is 0.344 e. The Labute approximate surface area is 118 Å². The van der Waals surface area contributed by atoms with Crippen molar-refractivity contribution in [2.75, 3.05) is 0 Å². The number of pyridine rings is 1. The van der Waals surface area contributed by atoms with E-state index in [9.17, 15) is 9.59 Å². The van der Waals surface area contributed by atoms with Gasteiger partial charge in [-0.2, -0.15) is 0 Å². The lowest BCUT2D eigenvalue weighted by molar-refractivity contribution is 0.0696. The van der Waals surface area contributed by atoms with E-state index in [1.807, 2.05) is 0 Å². The zero-order chi connectivity index (χ0) is 14.3. The van der Waals surface area contributed by atoms with Crippen LogP contribution in [0.4, 0.5) is 0 Å². The molecule has 7 nitrogen and oxygen atoms in total. The highest BCUT2D eigenvalue weighted by molar-refractivity contribution is 7.99. The largest absolute Gasteiger partial charge is 0.478 e. The highest BCUT2D eigenvalue weighted by Crippen LogP contribution is 2.37. The van der Waals surface area contributed by atoms with E-state index >= 15 is 0 Å². The van der Waals surface area contributed by atoms with Crippen LogP contribution in [0.1, 0.15) is 34.9 Å². The van der Waals surface area contributed by atoms with Crippen molar-refractivity contribution in [1.29, 1.82) is 0 Å². The number of hydrogen-bond acceptors (Lipinski definition) is 5. The molecule has 2 aromatic rings. The van der Waals surface area contributed by atoms with Gasteiger partial charge in [-0.3, -0.25) is 4.57 Å². The summed E-state index contributed by atoms with van der Waals surface area (Å²) in [7, 11) is 0. The van der Waals surface area contributed by atoms with Crippen LogP contribution in [0.2, 0.25) is 0 Å². The Hall–Kier alpha value is -2.09. The van der Waals surface area contributed by atoms with Crippen LogP contribution < -0.4 is 5.69 Å². The number of aromatic nitrogens is 4. The smallest absolute Gasteiger partial charge is 0.344 e. The molecule has 2 N–H and O–H groups in total. The topological polar surface area (TPSA) is 101 Å². The molecule has 1 aliphatic carbocycles. The number of H-pyrrole nitrogens is 1. The molecule has 0 saturated heterocycles. The number of aryl methyl sites for hydroxylation is 1. The summed E-state index contributed by atoms with van der Waals surface area (Å²) in [6.07, 6.45) is 1.93. The Balaban J connectivity index is 1.95. The van der Waals surface area contributed by atoms with Crippen molar-refractivity contribution in [3.8, 4) is 0 Å². The molecule has 0 radical (unpaired) electrons. The van der Waals surface area contributed by atoms with E-state index in [0.29, 0.717) is 15.9 Å². The van der Waals surface area contributed by atoms with Crippen LogP contribution in [-0.4, -0.2) is 30.8 Å². The van der Waals surface area contributed by atoms with Crippen LogP contribution in [0.3, 0.4) is 0 Å². The van der Waals surface area contributed by atoms with E-state index in [1.54, 1.807) is 11.5 Å². The lowest BCUT2D eigenvalue weighted by Crippen LogP contribution is -2.16. The molecular weight excluding hydrogens is 280 g/mol.